The molecule has 0 radical (unpaired) electrons. The lowest BCUT2D eigenvalue weighted by atomic mass is 10.1. The van der Waals surface area contributed by atoms with Gasteiger partial charge in [0.15, 0.2) is 0 Å². The molecule has 6 heteroatoms. The fourth-order valence-corrected chi connectivity index (χ4v) is 3.38. The highest BCUT2D eigenvalue weighted by molar-refractivity contribution is 8.00. The van der Waals surface area contributed by atoms with E-state index in [1.165, 1.54) is 40.9 Å². The molecule has 136 valence electrons. The second-order valence-corrected chi connectivity index (χ2v) is 7.15. The Bertz CT molecular complexity index is 747. The maximum Gasteiger partial charge on any atom is 0.239 e. The van der Waals surface area contributed by atoms with Gasteiger partial charge in [-0.25, -0.2) is 4.39 Å². The van der Waals surface area contributed by atoms with Gasteiger partial charge in [-0.1, -0.05) is 30.3 Å². The van der Waals surface area contributed by atoms with Crippen LogP contribution < -0.4 is 4.90 Å². The number of carbonyl (C=O) groups excluding carboxylic acids is 1. The first-order valence-electron chi connectivity index (χ1n) is 8.31. The summed E-state index contributed by atoms with van der Waals surface area (Å²) in [6.45, 7) is 2.01. The van der Waals surface area contributed by atoms with Crippen molar-refractivity contribution >= 4 is 23.4 Å². The highest BCUT2D eigenvalue weighted by atomic mass is 32.2. The van der Waals surface area contributed by atoms with Crippen LogP contribution in [0.1, 0.15) is 25.0 Å². The average molecular weight is 372 g/mol. The number of anilines is 1. The summed E-state index contributed by atoms with van der Waals surface area (Å²) >= 11 is 1.35. The van der Waals surface area contributed by atoms with E-state index in [-0.39, 0.29) is 24.7 Å². The van der Waals surface area contributed by atoms with Gasteiger partial charge < -0.3 is 10.0 Å². The van der Waals surface area contributed by atoms with Gasteiger partial charge >= 0.3 is 0 Å². The molecule has 2 unspecified atom stereocenters. The van der Waals surface area contributed by atoms with Crippen LogP contribution in [0.2, 0.25) is 0 Å². The molecule has 2 atom stereocenters. The summed E-state index contributed by atoms with van der Waals surface area (Å²) in [6.07, 6.45) is -0.470. The predicted molar refractivity (Wildman–Crippen MR) is 102 cm³/mol. The Morgan fingerprint density at radius 3 is 2.50 bits per heavy atom. The summed E-state index contributed by atoms with van der Waals surface area (Å²) in [6, 6.07) is 16.9. The molecule has 0 heterocycles. The first-order chi connectivity index (χ1) is 12.5. The molecule has 0 aromatic heterocycles. The molecule has 2 aromatic carbocycles. The number of rotatable bonds is 8. The number of nitrogens with zero attached hydrogens (tertiary/aromatic N) is 2. The van der Waals surface area contributed by atoms with Crippen molar-refractivity contribution in [1.82, 2.24) is 0 Å². The van der Waals surface area contributed by atoms with Crippen LogP contribution in [0.4, 0.5) is 10.1 Å². The quantitative estimate of drug-likeness (QED) is 0.763. The first kappa shape index (κ1) is 20.0. The number of amides is 1. The fraction of sp³-hybridized carbons (Fsp3) is 0.300. The number of carbonyl (C=O) groups is 1. The van der Waals surface area contributed by atoms with E-state index in [2.05, 4.69) is 0 Å². The first-order valence-corrected chi connectivity index (χ1v) is 9.36. The summed E-state index contributed by atoms with van der Waals surface area (Å²) in [4.78, 5) is 14.3. The smallest absolute Gasteiger partial charge is 0.239 e. The van der Waals surface area contributed by atoms with E-state index in [0.29, 0.717) is 11.4 Å². The summed E-state index contributed by atoms with van der Waals surface area (Å²) in [5.74, 6) is -0.168. The molecule has 0 fully saturated rings. The lowest BCUT2D eigenvalue weighted by Crippen LogP contribution is -2.37. The van der Waals surface area contributed by atoms with Crippen LogP contribution >= 0.6 is 11.8 Å². The Hall–Kier alpha value is -2.36. The van der Waals surface area contributed by atoms with Crippen molar-refractivity contribution in [1.29, 1.82) is 5.26 Å². The van der Waals surface area contributed by atoms with E-state index in [4.69, 9.17) is 5.26 Å². The highest BCUT2D eigenvalue weighted by Crippen LogP contribution is 2.24. The molecule has 0 bridgehead atoms. The average Bonchev–Trinajstić information content (AvgIpc) is 2.67. The molecule has 0 aliphatic rings. The van der Waals surface area contributed by atoms with Crippen LogP contribution in [-0.2, 0) is 4.79 Å². The third-order valence-corrected chi connectivity index (χ3v) is 5.10. The van der Waals surface area contributed by atoms with Gasteiger partial charge in [0, 0.05) is 18.0 Å². The second kappa shape index (κ2) is 9.95. The summed E-state index contributed by atoms with van der Waals surface area (Å²) in [5, 5.41) is 18.7. The minimum absolute atomic E-state index is 0.169. The van der Waals surface area contributed by atoms with E-state index >= 15 is 0 Å². The van der Waals surface area contributed by atoms with E-state index in [1.807, 2.05) is 36.4 Å². The number of aliphatic hydroxyl groups excluding tert-OH is 1. The lowest BCUT2D eigenvalue weighted by molar-refractivity contribution is -0.117. The molecule has 4 nitrogen and oxygen atoms in total. The minimum atomic E-state index is -0.658. The van der Waals surface area contributed by atoms with Crippen molar-refractivity contribution in [3.8, 4) is 6.07 Å². The number of halogens is 1. The van der Waals surface area contributed by atoms with Crippen LogP contribution in [0.15, 0.2) is 54.6 Å². The monoisotopic (exact) mass is 372 g/mol. The van der Waals surface area contributed by atoms with Gasteiger partial charge in [0.1, 0.15) is 5.82 Å². The molecule has 1 N–H and O–H groups in total. The minimum Gasteiger partial charge on any atom is -0.388 e. The maximum absolute atomic E-state index is 13.1. The molecule has 2 aromatic rings. The normalized spacial score (nSPS) is 12.8. The Balaban J connectivity index is 2.02. The highest BCUT2D eigenvalue weighted by Gasteiger charge is 2.23. The Morgan fingerprint density at radius 1 is 1.23 bits per heavy atom. The standard InChI is InChI=1S/C20H21FN2O2S/c1-15(26-14-19(24)16-6-3-2-4-7-16)20(25)23(13-5-12-22)18-10-8-17(21)9-11-18/h2-4,6-11,15,19,24H,5,13-14H2,1H3. The third-order valence-electron chi connectivity index (χ3n) is 3.89. The number of thioether (sulfide) groups is 1. The van der Waals surface area contributed by atoms with Gasteiger partial charge in [-0.05, 0) is 36.8 Å². The maximum atomic E-state index is 13.1. The fourth-order valence-electron chi connectivity index (χ4n) is 2.45. The Kier molecular flexibility index (Phi) is 7.64. The molecule has 0 saturated heterocycles. The summed E-state index contributed by atoms with van der Waals surface area (Å²) < 4.78 is 13.1. The van der Waals surface area contributed by atoms with E-state index < -0.39 is 11.4 Å². The van der Waals surface area contributed by atoms with Crippen molar-refractivity contribution in [3.63, 3.8) is 0 Å². The third kappa shape index (κ3) is 5.58. The van der Waals surface area contributed by atoms with Crippen molar-refractivity contribution in [2.24, 2.45) is 0 Å². The molecule has 0 spiro atoms. The van der Waals surface area contributed by atoms with Crippen molar-refractivity contribution in [2.75, 3.05) is 17.2 Å². The van der Waals surface area contributed by atoms with E-state index in [9.17, 15) is 14.3 Å². The number of benzene rings is 2. The van der Waals surface area contributed by atoms with Crippen LogP contribution in [0, 0.1) is 17.1 Å². The number of nitriles is 1. The summed E-state index contributed by atoms with van der Waals surface area (Å²) in [7, 11) is 0. The number of hydrogen-bond donors (Lipinski definition) is 1. The molecule has 0 saturated carbocycles. The molecule has 2 rings (SSSR count). The van der Waals surface area contributed by atoms with Crippen molar-refractivity contribution < 1.29 is 14.3 Å². The Morgan fingerprint density at radius 2 is 1.88 bits per heavy atom. The zero-order valence-corrected chi connectivity index (χ0v) is 15.3. The van der Waals surface area contributed by atoms with Crippen molar-refractivity contribution in [2.45, 2.75) is 24.7 Å². The molecular formula is C20H21FN2O2S. The van der Waals surface area contributed by atoms with Crippen molar-refractivity contribution in [3.05, 3.63) is 66.0 Å². The largest absolute Gasteiger partial charge is 0.388 e. The lowest BCUT2D eigenvalue weighted by Gasteiger charge is -2.25. The zero-order chi connectivity index (χ0) is 18.9. The van der Waals surface area contributed by atoms with Gasteiger partial charge in [-0.15, -0.1) is 11.8 Å². The van der Waals surface area contributed by atoms with Gasteiger partial charge in [0.2, 0.25) is 5.91 Å². The molecule has 0 aliphatic heterocycles. The van der Waals surface area contributed by atoms with Crippen LogP contribution in [0.3, 0.4) is 0 Å². The Labute approximate surface area is 157 Å². The SMILES string of the molecule is CC(SCC(O)c1ccccc1)C(=O)N(CCC#N)c1ccc(F)cc1. The van der Waals surface area contributed by atoms with Crippen LogP contribution in [0.5, 0.6) is 0 Å². The van der Waals surface area contributed by atoms with Gasteiger partial charge in [-0.2, -0.15) is 5.26 Å². The van der Waals surface area contributed by atoms with Gasteiger partial charge in [0.25, 0.3) is 0 Å². The molecule has 1 amide bonds. The van der Waals surface area contributed by atoms with E-state index in [0.717, 1.165) is 5.56 Å². The predicted octanol–water partition coefficient (Wildman–Crippen LogP) is 3.93. The van der Waals surface area contributed by atoms with Gasteiger partial charge in [-0.3, -0.25) is 4.79 Å². The van der Waals surface area contributed by atoms with Crippen LogP contribution in [0.25, 0.3) is 0 Å². The molecular weight excluding hydrogens is 351 g/mol. The van der Waals surface area contributed by atoms with Gasteiger partial charge in [0.05, 0.1) is 23.8 Å². The number of aliphatic hydroxyl groups is 1. The summed E-state index contributed by atoms with van der Waals surface area (Å²) in [5.41, 5.74) is 1.36. The van der Waals surface area contributed by atoms with E-state index in [1.54, 1.807) is 6.92 Å². The number of hydrogen-bond acceptors (Lipinski definition) is 4. The topological polar surface area (TPSA) is 64.3 Å². The van der Waals surface area contributed by atoms with Crippen LogP contribution in [-0.4, -0.2) is 28.6 Å². The second-order valence-electron chi connectivity index (χ2n) is 5.78. The zero-order valence-electron chi connectivity index (χ0n) is 14.5. The molecule has 26 heavy (non-hydrogen) atoms. The molecule has 0 aliphatic carbocycles.